The van der Waals surface area contributed by atoms with Crippen molar-refractivity contribution in [3.63, 3.8) is 0 Å². The fourth-order valence-electron chi connectivity index (χ4n) is 7.42. The van der Waals surface area contributed by atoms with E-state index in [1.165, 1.54) is 46.4 Å². The molecule has 0 saturated heterocycles. The van der Waals surface area contributed by atoms with Gasteiger partial charge in [-0.15, -0.1) is 0 Å². The van der Waals surface area contributed by atoms with Crippen LogP contribution >= 0.6 is 0 Å². The normalized spacial score (nSPS) is 30.7. The van der Waals surface area contributed by atoms with Gasteiger partial charge in [0.1, 0.15) is 0 Å². The molecule has 0 N–H and O–H groups in total. The van der Waals surface area contributed by atoms with Crippen LogP contribution in [-0.2, 0) is 10.8 Å². The van der Waals surface area contributed by atoms with E-state index in [1.807, 2.05) is 0 Å². The van der Waals surface area contributed by atoms with Gasteiger partial charge in [0.2, 0.25) is 0 Å². The zero-order valence-electron chi connectivity index (χ0n) is 19.9. The lowest BCUT2D eigenvalue weighted by Gasteiger charge is -2.60. The molecule has 2 aromatic rings. The van der Waals surface area contributed by atoms with Crippen LogP contribution in [0.1, 0.15) is 88.6 Å². The van der Waals surface area contributed by atoms with E-state index in [9.17, 15) is 0 Å². The summed E-state index contributed by atoms with van der Waals surface area (Å²) in [7, 11) is 0. The fourth-order valence-corrected chi connectivity index (χ4v) is 7.42. The Kier molecular flexibility index (Phi) is 3.78. The van der Waals surface area contributed by atoms with Gasteiger partial charge in [0.25, 0.3) is 0 Å². The molecular formula is C30H35N. The van der Waals surface area contributed by atoms with E-state index in [4.69, 9.17) is 4.99 Å². The summed E-state index contributed by atoms with van der Waals surface area (Å²) in [5.74, 6) is 2.38. The highest BCUT2D eigenvalue weighted by Gasteiger charge is 2.55. The molecule has 2 aromatic carbocycles. The molecule has 1 aliphatic heterocycles. The summed E-state index contributed by atoms with van der Waals surface area (Å²) in [6.45, 7) is 14.5. The van der Waals surface area contributed by atoms with Gasteiger partial charge in [0.15, 0.2) is 0 Å². The molecule has 5 aliphatic rings. The summed E-state index contributed by atoms with van der Waals surface area (Å²) in [6, 6.07) is 16.2. The number of hydrogen-bond acceptors (Lipinski definition) is 1. The zero-order valence-corrected chi connectivity index (χ0v) is 19.9. The summed E-state index contributed by atoms with van der Waals surface area (Å²) in [5, 5.41) is 0. The van der Waals surface area contributed by atoms with E-state index in [-0.39, 0.29) is 10.8 Å². The third-order valence-electron chi connectivity index (χ3n) is 9.70. The molecule has 3 saturated carbocycles. The number of nitrogens with zero attached hydrogens (tertiary/aromatic N) is 1. The monoisotopic (exact) mass is 409 g/mol. The summed E-state index contributed by atoms with van der Waals surface area (Å²) in [5.41, 5.74) is 10.7. The Morgan fingerprint density at radius 2 is 1.42 bits per heavy atom. The number of fused-ring (bicyclic) bond motifs is 2. The third kappa shape index (κ3) is 2.47. The van der Waals surface area contributed by atoms with Crippen LogP contribution in [0.2, 0.25) is 0 Å². The second-order valence-corrected chi connectivity index (χ2v) is 12.2. The van der Waals surface area contributed by atoms with Crippen molar-refractivity contribution in [3.8, 4) is 0 Å². The van der Waals surface area contributed by atoms with Crippen molar-refractivity contribution in [2.45, 2.75) is 71.6 Å². The highest BCUT2D eigenvalue weighted by atomic mass is 14.8. The van der Waals surface area contributed by atoms with Gasteiger partial charge in [-0.05, 0) is 81.9 Å². The molecule has 1 heterocycles. The van der Waals surface area contributed by atoms with Gasteiger partial charge in [-0.3, -0.25) is 4.99 Å². The number of rotatable bonds is 1. The van der Waals surface area contributed by atoms with Crippen LogP contribution in [0.5, 0.6) is 0 Å². The topological polar surface area (TPSA) is 12.4 Å². The van der Waals surface area contributed by atoms with Crippen molar-refractivity contribution in [3.05, 3.63) is 82.1 Å². The summed E-state index contributed by atoms with van der Waals surface area (Å²) < 4.78 is 0. The van der Waals surface area contributed by atoms with Crippen LogP contribution in [0.25, 0.3) is 0 Å². The zero-order chi connectivity index (χ0) is 21.8. The molecule has 0 amide bonds. The average Bonchev–Trinajstić information content (AvgIpc) is 2.77. The SMILES string of the molecule is CC1(C)c2ccccc2C(C)(C)c2cc(C3=NC=C4C(C3)CC3CC4C3(C)C)ccc21. The maximum Gasteiger partial charge on any atom is 0.0481 e. The van der Waals surface area contributed by atoms with Gasteiger partial charge >= 0.3 is 0 Å². The van der Waals surface area contributed by atoms with Crippen molar-refractivity contribution in [2.24, 2.45) is 28.2 Å². The van der Waals surface area contributed by atoms with Crippen LogP contribution in [-0.4, -0.2) is 5.71 Å². The average molecular weight is 410 g/mol. The first-order valence-corrected chi connectivity index (χ1v) is 12.1. The Morgan fingerprint density at radius 3 is 2.10 bits per heavy atom. The number of allylic oxidation sites excluding steroid dienone is 1. The predicted octanol–water partition coefficient (Wildman–Crippen LogP) is 7.41. The molecule has 1 heteroatoms. The minimum absolute atomic E-state index is 0.00414. The van der Waals surface area contributed by atoms with Gasteiger partial charge in [0.05, 0.1) is 0 Å². The Balaban J connectivity index is 1.43. The lowest BCUT2D eigenvalue weighted by atomic mass is 9.44. The highest BCUT2D eigenvalue weighted by molar-refractivity contribution is 6.02. The van der Waals surface area contributed by atoms with Crippen molar-refractivity contribution in [2.75, 3.05) is 0 Å². The molecule has 3 fully saturated rings. The molecule has 31 heavy (non-hydrogen) atoms. The van der Waals surface area contributed by atoms with E-state index in [2.05, 4.69) is 90.2 Å². The van der Waals surface area contributed by atoms with Gasteiger partial charge in [-0.1, -0.05) is 77.9 Å². The van der Waals surface area contributed by atoms with E-state index in [1.54, 1.807) is 5.57 Å². The fraction of sp³-hybridized carbons (Fsp3) is 0.500. The molecule has 0 radical (unpaired) electrons. The van der Waals surface area contributed by atoms with Crippen LogP contribution in [0.3, 0.4) is 0 Å². The molecule has 160 valence electrons. The summed E-state index contributed by atoms with van der Waals surface area (Å²) in [4.78, 5) is 5.06. The van der Waals surface area contributed by atoms with Gasteiger partial charge in [-0.2, -0.15) is 0 Å². The van der Waals surface area contributed by atoms with Crippen molar-refractivity contribution >= 4 is 5.71 Å². The Bertz CT molecular complexity index is 1160. The molecule has 7 rings (SSSR count). The maximum atomic E-state index is 5.06. The number of hydrogen-bond donors (Lipinski definition) is 0. The first-order chi connectivity index (χ1) is 14.6. The lowest BCUT2D eigenvalue weighted by molar-refractivity contribution is -0.0467. The maximum absolute atomic E-state index is 5.06. The first kappa shape index (κ1) is 19.5. The molecule has 2 bridgehead atoms. The van der Waals surface area contributed by atoms with E-state index < -0.39 is 0 Å². The Hall–Kier alpha value is -2.15. The van der Waals surface area contributed by atoms with Gasteiger partial charge in [-0.25, -0.2) is 0 Å². The highest BCUT2D eigenvalue weighted by Crippen LogP contribution is 2.64. The molecular weight excluding hydrogens is 374 g/mol. The Labute approximate surface area is 187 Å². The van der Waals surface area contributed by atoms with E-state index >= 15 is 0 Å². The van der Waals surface area contributed by atoms with Crippen molar-refractivity contribution in [1.82, 2.24) is 0 Å². The number of benzene rings is 2. The molecule has 0 aromatic heterocycles. The van der Waals surface area contributed by atoms with Gasteiger partial charge in [0, 0.05) is 22.7 Å². The minimum atomic E-state index is 0.00414. The summed E-state index contributed by atoms with van der Waals surface area (Å²) in [6.07, 6.45) is 6.12. The van der Waals surface area contributed by atoms with Gasteiger partial charge < -0.3 is 0 Å². The molecule has 4 aliphatic carbocycles. The largest absolute Gasteiger partial charge is 0.261 e. The second-order valence-electron chi connectivity index (χ2n) is 12.2. The van der Waals surface area contributed by atoms with Crippen LogP contribution in [0, 0.1) is 23.2 Å². The van der Waals surface area contributed by atoms with Crippen molar-refractivity contribution in [1.29, 1.82) is 0 Å². The standard InChI is InChI=1S/C30H35N/c1-28(2)20-13-19-15-27(31-17-21(19)25(28)16-20)18-11-12-24-26(14-18)30(5,6)23-10-8-7-9-22(23)29(24,3)4/h7-12,14,17,19-20,25H,13,15-16H2,1-6H3. The Morgan fingerprint density at radius 1 is 0.774 bits per heavy atom. The van der Waals surface area contributed by atoms with Crippen LogP contribution in [0.15, 0.2) is 59.2 Å². The quantitative estimate of drug-likeness (QED) is 0.465. The van der Waals surface area contributed by atoms with Crippen LogP contribution < -0.4 is 0 Å². The summed E-state index contributed by atoms with van der Waals surface area (Å²) >= 11 is 0. The lowest BCUT2D eigenvalue weighted by Crippen LogP contribution is -2.52. The predicted molar refractivity (Wildman–Crippen MR) is 130 cm³/mol. The third-order valence-corrected chi connectivity index (χ3v) is 9.70. The molecule has 1 nitrogen and oxygen atoms in total. The van der Waals surface area contributed by atoms with Crippen molar-refractivity contribution < 1.29 is 0 Å². The van der Waals surface area contributed by atoms with E-state index in [0.29, 0.717) is 11.3 Å². The molecule has 3 unspecified atom stereocenters. The van der Waals surface area contributed by atoms with Crippen LogP contribution in [0.4, 0.5) is 0 Å². The van der Waals surface area contributed by atoms with E-state index in [0.717, 1.165) is 18.3 Å². The smallest absolute Gasteiger partial charge is 0.0481 e. The number of aliphatic imine (C=N–C) groups is 1. The second kappa shape index (κ2) is 6.00. The minimum Gasteiger partial charge on any atom is -0.261 e. The molecule has 3 atom stereocenters. The first-order valence-electron chi connectivity index (χ1n) is 12.1. The molecule has 0 spiro atoms.